The van der Waals surface area contributed by atoms with Crippen LogP contribution in [0.15, 0.2) is 54.1 Å². The molecule has 1 aromatic carbocycles. The number of aromatic amines is 1. The van der Waals surface area contributed by atoms with Gasteiger partial charge in [0.05, 0.1) is 6.54 Å². The molecule has 0 unspecified atom stereocenters. The number of nitrogens with one attached hydrogen (secondary N) is 3. The maximum absolute atomic E-state index is 12.1. The normalized spacial score (nSPS) is 11.6. The van der Waals surface area contributed by atoms with Crippen molar-refractivity contribution in [1.82, 2.24) is 20.1 Å². The molecule has 0 spiro atoms. The Hall–Kier alpha value is -2.91. The first-order chi connectivity index (χ1) is 11.9. The van der Waals surface area contributed by atoms with E-state index in [-0.39, 0.29) is 5.69 Å². The van der Waals surface area contributed by atoms with Crippen molar-refractivity contribution in [2.45, 2.75) is 0 Å². The van der Waals surface area contributed by atoms with Crippen LogP contribution in [0.5, 0.6) is 0 Å². The van der Waals surface area contributed by atoms with E-state index in [1.54, 1.807) is 36.5 Å². The van der Waals surface area contributed by atoms with Gasteiger partial charge < -0.3 is 4.98 Å². The highest BCUT2D eigenvalue weighted by molar-refractivity contribution is 7.92. The number of H-pyrrole nitrogens is 1. The van der Waals surface area contributed by atoms with Crippen molar-refractivity contribution >= 4 is 27.9 Å². The number of sulfonamides is 1. The number of hydrazine groups is 1. The van der Waals surface area contributed by atoms with E-state index in [1.165, 1.54) is 19.2 Å². The van der Waals surface area contributed by atoms with Crippen LogP contribution in [0.2, 0.25) is 0 Å². The molecule has 2 rings (SSSR count). The lowest BCUT2D eigenvalue weighted by atomic mass is 10.2. The molecule has 0 aliphatic carbocycles. The Bertz CT molecular complexity index is 846. The van der Waals surface area contributed by atoms with Gasteiger partial charge in [0, 0.05) is 18.7 Å². The molecule has 25 heavy (non-hydrogen) atoms. The molecule has 1 heterocycles. The summed E-state index contributed by atoms with van der Waals surface area (Å²) in [5.41, 5.74) is 5.34. The van der Waals surface area contributed by atoms with Crippen LogP contribution in [0.3, 0.4) is 0 Å². The van der Waals surface area contributed by atoms with E-state index in [0.717, 1.165) is 15.3 Å². The molecule has 0 fully saturated rings. The predicted molar refractivity (Wildman–Crippen MR) is 93.4 cm³/mol. The molecule has 2 aromatic rings. The third kappa shape index (κ3) is 5.59. The highest BCUT2D eigenvalue weighted by Gasteiger charge is 2.18. The number of hydrogen-bond acceptors (Lipinski definition) is 4. The highest BCUT2D eigenvalue weighted by Crippen LogP contribution is 2.06. The van der Waals surface area contributed by atoms with Gasteiger partial charge in [-0.05, 0) is 23.8 Å². The third-order valence-electron chi connectivity index (χ3n) is 3.19. The van der Waals surface area contributed by atoms with Gasteiger partial charge >= 0.3 is 0 Å². The first-order valence-electron chi connectivity index (χ1n) is 7.30. The van der Waals surface area contributed by atoms with E-state index in [0.29, 0.717) is 0 Å². The van der Waals surface area contributed by atoms with Gasteiger partial charge in [-0.1, -0.05) is 30.3 Å². The van der Waals surface area contributed by atoms with Gasteiger partial charge in [0.2, 0.25) is 10.0 Å². The predicted octanol–water partition coefficient (Wildman–Crippen LogP) is 0.708. The summed E-state index contributed by atoms with van der Waals surface area (Å²) in [6.45, 7) is -0.438. The van der Waals surface area contributed by atoms with Crippen molar-refractivity contribution in [3.8, 4) is 0 Å². The zero-order valence-electron chi connectivity index (χ0n) is 13.5. The van der Waals surface area contributed by atoms with Crippen LogP contribution >= 0.6 is 0 Å². The molecule has 9 heteroatoms. The van der Waals surface area contributed by atoms with Crippen LogP contribution in [0, 0.1) is 0 Å². The summed E-state index contributed by atoms with van der Waals surface area (Å²) in [6, 6.07) is 12.1. The second-order valence-corrected chi connectivity index (χ2v) is 7.03. The number of rotatable bonds is 6. The summed E-state index contributed by atoms with van der Waals surface area (Å²) in [5.74, 6) is -1.20. The van der Waals surface area contributed by atoms with Crippen LogP contribution in [0.4, 0.5) is 0 Å². The van der Waals surface area contributed by atoms with Gasteiger partial charge in [-0.3, -0.25) is 20.4 Å². The average Bonchev–Trinajstić information content (AvgIpc) is 3.13. The van der Waals surface area contributed by atoms with E-state index < -0.39 is 28.4 Å². The topological polar surface area (TPSA) is 111 Å². The molecule has 132 valence electrons. The first-order valence-corrected chi connectivity index (χ1v) is 8.81. The number of aromatic nitrogens is 1. The number of likely N-dealkylation sites (N-methyl/N-ethyl adjacent to an activating group) is 1. The number of benzene rings is 1. The quantitative estimate of drug-likeness (QED) is 0.657. The van der Waals surface area contributed by atoms with E-state index in [2.05, 4.69) is 15.8 Å². The number of hydrogen-bond donors (Lipinski definition) is 3. The van der Waals surface area contributed by atoms with Gasteiger partial charge in [-0.25, -0.2) is 8.42 Å². The van der Waals surface area contributed by atoms with Crippen molar-refractivity contribution in [3.63, 3.8) is 0 Å². The first kappa shape index (κ1) is 18.4. The van der Waals surface area contributed by atoms with Crippen molar-refractivity contribution in [2.75, 3.05) is 13.6 Å². The van der Waals surface area contributed by atoms with Crippen LogP contribution in [-0.2, 0) is 14.8 Å². The minimum atomic E-state index is -3.76. The van der Waals surface area contributed by atoms with Crippen LogP contribution in [-0.4, -0.2) is 43.1 Å². The Balaban J connectivity index is 1.87. The Morgan fingerprint density at radius 1 is 1.12 bits per heavy atom. The SMILES string of the molecule is CN(CC(=O)NNC(=O)c1ccc[nH]1)S(=O)(=O)/C=C/c1ccccc1. The fourth-order valence-corrected chi connectivity index (χ4v) is 2.66. The number of amides is 2. The maximum atomic E-state index is 12.1. The van der Waals surface area contributed by atoms with Gasteiger partial charge in [-0.2, -0.15) is 4.31 Å². The summed E-state index contributed by atoms with van der Waals surface area (Å²) in [6.07, 6.45) is 3.01. The Labute approximate surface area is 145 Å². The molecule has 0 saturated heterocycles. The van der Waals surface area contributed by atoms with Crippen molar-refractivity contribution in [2.24, 2.45) is 0 Å². The molecule has 0 atom stereocenters. The summed E-state index contributed by atoms with van der Waals surface area (Å²) in [5, 5.41) is 1.02. The molecular formula is C16H18N4O4S. The lowest BCUT2D eigenvalue weighted by Crippen LogP contribution is -2.46. The molecule has 8 nitrogen and oxygen atoms in total. The van der Waals surface area contributed by atoms with Crippen molar-refractivity contribution in [1.29, 1.82) is 0 Å². The van der Waals surface area contributed by atoms with Crippen molar-refractivity contribution < 1.29 is 18.0 Å². The van der Waals surface area contributed by atoms with Crippen molar-refractivity contribution in [3.05, 3.63) is 65.3 Å². The zero-order valence-corrected chi connectivity index (χ0v) is 14.3. The van der Waals surface area contributed by atoms with E-state index in [1.807, 2.05) is 6.07 Å². The zero-order chi connectivity index (χ0) is 18.3. The molecule has 0 radical (unpaired) electrons. The highest BCUT2D eigenvalue weighted by atomic mass is 32.2. The van der Waals surface area contributed by atoms with Gasteiger partial charge in [-0.15, -0.1) is 0 Å². The third-order valence-corrected chi connectivity index (χ3v) is 4.67. The lowest BCUT2D eigenvalue weighted by Gasteiger charge is -2.14. The fraction of sp³-hybridized carbons (Fsp3) is 0.125. The minimum Gasteiger partial charge on any atom is -0.357 e. The monoisotopic (exact) mass is 362 g/mol. The molecule has 3 N–H and O–H groups in total. The van der Waals surface area contributed by atoms with E-state index in [4.69, 9.17) is 0 Å². The summed E-state index contributed by atoms with van der Waals surface area (Å²) in [4.78, 5) is 26.1. The Morgan fingerprint density at radius 3 is 2.48 bits per heavy atom. The van der Waals surface area contributed by atoms with Gasteiger partial charge in [0.1, 0.15) is 5.69 Å². The number of carbonyl (C=O) groups is 2. The Kier molecular flexibility index (Phi) is 6.09. The molecule has 2 amide bonds. The molecule has 0 aliphatic rings. The van der Waals surface area contributed by atoms with Crippen LogP contribution in [0.25, 0.3) is 6.08 Å². The van der Waals surface area contributed by atoms with Gasteiger partial charge in [0.15, 0.2) is 0 Å². The second kappa shape index (κ2) is 8.27. The Morgan fingerprint density at radius 2 is 1.84 bits per heavy atom. The lowest BCUT2D eigenvalue weighted by molar-refractivity contribution is -0.121. The minimum absolute atomic E-state index is 0.270. The number of nitrogens with zero attached hydrogens (tertiary/aromatic N) is 1. The van der Waals surface area contributed by atoms with Crippen LogP contribution in [0.1, 0.15) is 16.1 Å². The maximum Gasteiger partial charge on any atom is 0.286 e. The van der Waals surface area contributed by atoms with Crippen LogP contribution < -0.4 is 10.9 Å². The molecule has 1 aromatic heterocycles. The largest absolute Gasteiger partial charge is 0.357 e. The summed E-state index contributed by atoms with van der Waals surface area (Å²) in [7, 11) is -2.49. The smallest absolute Gasteiger partial charge is 0.286 e. The molecule has 0 aliphatic heterocycles. The average molecular weight is 362 g/mol. The summed E-state index contributed by atoms with van der Waals surface area (Å²) >= 11 is 0. The standard InChI is InChI=1S/C16H18N4O4S/c1-20(25(23,24)11-9-13-6-3-2-4-7-13)12-15(21)18-19-16(22)14-8-5-10-17-14/h2-11,17H,12H2,1H3,(H,18,21)(H,19,22)/b11-9+. The second-order valence-electron chi connectivity index (χ2n) is 5.10. The van der Waals surface area contributed by atoms with E-state index in [9.17, 15) is 18.0 Å². The fourth-order valence-electron chi connectivity index (χ4n) is 1.83. The van der Waals surface area contributed by atoms with E-state index >= 15 is 0 Å². The molecule has 0 saturated carbocycles. The number of carbonyl (C=O) groups excluding carboxylic acids is 2. The molecule has 0 bridgehead atoms. The molecular weight excluding hydrogens is 344 g/mol. The summed E-state index contributed by atoms with van der Waals surface area (Å²) < 4.78 is 25.1. The van der Waals surface area contributed by atoms with Gasteiger partial charge in [0.25, 0.3) is 11.8 Å².